The van der Waals surface area contributed by atoms with E-state index in [1.165, 1.54) is 81.8 Å². The molecule has 0 radical (unpaired) electrons. The fourth-order valence-corrected chi connectivity index (χ4v) is 13.3. The van der Waals surface area contributed by atoms with Gasteiger partial charge in [-0.15, -0.1) is 11.3 Å². The van der Waals surface area contributed by atoms with E-state index in [1.807, 2.05) is 11.3 Å². The van der Waals surface area contributed by atoms with Crippen molar-refractivity contribution in [3.8, 4) is 0 Å². The number of fused-ring (bicyclic) bond motifs is 7. The van der Waals surface area contributed by atoms with Crippen molar-refractivity contribution in [2.24, 2.45) is 9.98 Å². The van der Waals surface area contributed by atoms with Gasteiger partial charge in [0, 0.05) is 62.3 Å². The minimum absolute atomic E-state index is 0.0399. The second kappa shape index (κ2) is 17.9. The Kier molecular flexibility index (Phi) is 11.0. The van der Waals surface area contributed by atoms with Crippen LogP contribution in [0.25, 0.3) is 25.7 Å². The number of thiophene rings is 1. The van der Waals surface area contributed by atoms with Gasteiger partial charge in [0.25, 0.3) is 0 Å². The summed E-state index contributed by atoms with van der Waals surface area (Å²) in [5.41, 5.74) is 15.7. The molecule has 0 spiro atoms. The number of anilines is 2. The van der Waals surface area contributed by atoms with E-state index in [4.69, 9.17) is 9.98 Å². The third-order valence-electron chi connectivity index (χ3n) is 15.4. The number of hydrogen-bond donors (Lipinski definition) is 1. The van der Waals surface area contributed by atoms with E-state index < -0.39 is 0 Å². The number of rotatable bonds is 8. The molecule has 0 amide bonds. The number of hydrogen-bond acceptors (Lipinski definition) is 6. The van der Waals surface area contributed by atoms with E-state index in [9.17, 15) is 0 Å². The van der Waals surface area contributed by atoms with Gasteiger partial charge in [0.1, 0.15) is 11.7 Å². The quantitative estimate of drug-likeness (QED) is 0.169. The summed E-state index contributed by atoms with van der Waals surface area (Å²) in [4.78, 5) is 16.1. The lowest BCUT2D eigenvalue weighted by Gasteiger charge is -2.39. The predicted molar refractivity (Wildman–Crippen MR) is 292 cm³/mol. The minimum Gasteiger partial charge on any atom is -0.325 e. The van der Waals surface area contributed by atoms with Gasteiger partial charge in [-0.1, -0.05) is 158 Å². The summed E-state index contributed by atoms with van der Waals surface area (Å²) in [5.74, 6) is 2.69. The Hall–Kier alpha value is -6.86. The van der Waals surface area contributed by atoms with Crippen molar-refractivity contribution < 1.29 is 0 Å². The monoisotopic (exact) mass is 915 g/mol. The third kappa shape index (κ3) is 7.75. The van der Waals surface area contributed by atoms with Crippen LogP contribution >= 0.6 is 11.3 Å². The summed E-state index contributed by atoms with van der Waals surface area (Å²) in [7, 11) is 2.33. The highest BCUT2D eigenvalue weighted by atomic mass is 32.1. The van der Waals surface area contributed by atoms with Gasteiger partial charge >= 0.3 is 0 Å². The number of benzene rings is 4. The molecule has 0 bridgehead atoms. The van der Waals surface area contributed by atoms with Gasteiger partial charge in [-0.25, -0.2) is 9.98 Å². The fraction of sp³-hybridized carbons (Fsp3) is 0.238. The fourth-order valence-electron chi connectivity index (χ4n) is 12.0. The Morgan fingerprint density at radius 2 is 1.46 bits per heavy atom. The summed E-state index contributed by atoms with van der Waals surface area (Å²) in [6.07, 6.45) is 47.2. The zero-order valence-corrected chi connectivity index (χ0v) is 40.1. The molecule has 0 fully saturated rings. The first-order valence-corrected chi connectivity index (χ1v) is 26.1. The smallest absolute Gasteiger partial charge is 0.166 e. The second-order valence-electron chi connectivity index (χ2n) is 19.8. The molecule has 5 unspecified atom stereocenters. The number of allylic oxidation sites excluding steroid dienone is 17. The van der Waals surface area contributed by atoms with E-state index in [1.54, 1.807) is 0 Å². The van der Waals surface area contributed by atoms with Crippen LogP contribution in [0.2, 0.25) is 0 Å². The lowest BCUT2D eigenvalue weighted by Crippen LogP contribution is -2.44. The van der Waals surface area contributed by atoms with Gasteiger partial charge in [0.05, 0.1) is 16.4 Å². The van der Waals surface area contributed by atoms with E-state index in [-0.39, 0.29) is 18.1 Å². The molecule has 5 aliphatic carbocycles. The van der Waals surface area contributed by atoms with Crippen LogP contribution in [0.5, 0.6) is 0 Å². The molecule has 5 aromatic rings. The molecular formula is C63H57N5S. The molecule has 4 heterocycles. The molecule has 6 heteroatoms. The largest absolute Gasteiger partial charge is 0.325 e. The number of nitrogens with zero attached hydrogens (tertiary/aromatic N) is 4. The molecule has 0 saturated heterocycles. The maximum absolute atomic E-state index is 5.62. The highest BCUT2D eigenvalue weighted by molar-refractivity contribution is 7.26. The third-order valence-corrected chi connectivity index (χ3v) is 16.6. The van der Waals surface area contributed by atoms with Crippen molar-refractivity contribution >= 4 is 60.1 Å². The van der Waals surface area contributed by atoms with Crippen LogP contribution in [0.15, 0.2) is 215 Å². The predicted octanol–water partition coefficient (Wildman–Crippen LogP) is 15.4. The maximum Gasteiger partial charge on any atom is 0.166 e. The normalized spacial score (nSPS) is 25.1. The Morgan fingerprint density at radius 1 is 0.667 bits per heavy atom. The summed E-state index contributed by atoms with van der Waals surface area (Å²) in [5, 5.41) is 6.55. The van der Waals surface area contributed by atoms with Crippen molar-refractivity contribution in [2.45, 2.75) is 81.3 Å². The Labute approximate surface area is 410 Å². The summed E-state index contributed by atoms with van der Waals surface area (Å²) in [6, 6.07) is 30.5. The molecule has 340 valence electrons. The average molecular weight is 916 g/mol. The van der Waals surface area contributed by atoms with Gasteiger partial charge in [0.2, 0.25) is 0 Å². The first-order valence-electron chi connectivity index (χ1n) is 25.2. The van der Waals surface area contributed by atoms with E-state index in [0.717, 1.165) is 75.2 Å². The maximum atomic E-state index is 5.62. The lowest BCUT2D eigenvalue weighted by molar-refractivity contribution is 0.258. The molecule has 1 aromatic heterocycles. The zero-order chi connectivity index (χ0) is 45.8. The van der Waals surface area contributed by atoms with Gasteiger partial charge in [-0.05, 0) is 122 Å². The number of para-hydroxylation sites is 1. The van der Waals surface area contributed by atoms with Gasteiger partial charge < -0.3 is 10.2 Å². The van der Waals surface area contributed by atoms with Crippen LogP contribution in [-0.4, -0.2) is 36.3 Å². The molecule has 4 aromatic carbocycles. The average Bonchev–Trinajstić information content (AvgIpc) is 3.97. The first kappa shape index (κ1) is 42.3. The molecule has 8 aliphatic rings. The van der Waals surface area contributed by atoms with Gasteiger partial charge in [0.15, 0.2) is 6.17 Å². The molecule has 13 rings (SSSR count). The van der Waals surface area contributed by atoms with E-state index in [0.29, 0.717) is 11.8 Å². The topological polar surface area (TPSA) is 43.2 Å². The lowest BCUT2D eigenvalue weighted by atomic mass is 9.81. The molecule has 0 saturated carbocycles. The van der Waals surface area contributed by atoms with Crippen molar-refractivity contribution in [1.82, 2.24) is 10.2 Å². The van der Waals surface area contributed by atoms with Crippen LogP contribution in [0, 0.1) is 0 Å². The molecule has 5 nitrogen and oxygen atoms in total. The van der Waals surface area contributed by atoms with Crippen LogP contribution in [0.1, 0.15) is 103 Å². The molecule has 1 N–H and O–H groups in total. The van der Waals surface area contributed by atoms with Crippen molar-refractivity contribution in [3.05, 3.63) is 232 Å². The highest BCUT2D eigenvalue weighted by Crippen LogP contribution is 2.56. The van der Waals surface area contributed by atoms with Crippen molar-refractivity contribution in [2.75, 3.05) is 18.5 Å². The van der Waals surface area contributed by atoms with Crippen LogP contribution in [-0.2, 0) is 0 Å². The Morgan fingerprint density at radius 3 is 2.26 bits per heavy atom. The molecular weight excluding hydrogens is 859 g/mol. The summed E-state index contributed by atoms with van der Waals surface area (Å²) < 4.78 is 2.68. The zero-order valence-electron chi connectivity index (χ0n) is 39.3. The van der Waals surface area contributed by atoms with E-state index in [2.05, 4.69) is 204 Å². The highest BCUT2D eigenvalue weighted by Gasteiger charge is 2.38. The number of amidine groups is 2. The minimum atomic E-state index is -0.288. The summed E-state index contributed by atoms with van der Waals surface area (Å²) in [6.45, 7) is 0.877. The SMILES string of the molecule is CN1CC(c2cc(C3=CCCC=C3)cc(C3C=CC=CC3)c2)C=C(C2=NC(C3=CC=CCC3)N=C(C3=CCCC=C3)N2)C1c1ccc2c(c1)sc1c3c(ccc12)C1CC=CC=C1N3c1ccccc1. The van der Waals surface area contributed by atoms with Crippen LogP contribution in [0.3, 0.4) is 0 Å². The summed E-state index contributed by atoms with van der Waals surface area (Å²) >= 11 is 1.95. The first-order chi connectivity index (χ1) is 34.1. The number of nitrogens with one attached hydrogen (secondary N) is 1. The number of likely N-dealkylation sites (N-methyl/N-ethyl adjacent to an activating group) is 1. The van der Waals surface area contributed by atoms with Gasteiger partial charge in [-0.2, -0.15) is 0 Å². The molecule has 3 aliphatic heterocycles. The second-order valence-corrected chi connectivity index (χ2v) is 20.8. The molecule has 69 heavy (non-hydrogen) atoms. The number of aliphatic imine (C=N–C) groups is 2. The van der Waals surface area contributed by atoms with E-state index >= 15 is 0 Å². The van der Waals surface area contributed by atoms with Crippen molar-refractivity contribution in [1.29, 1.82) is 0 Å². The standard InChI is InChI=1S/C63H57N5S/c1-67-40-49(48-36-46(41-19-7-2-8-20-41)35-47(37-48)42-21-9-3-10-22-42)38-55(63-65-61(43-23-11-4-12-24-43)64-62(66-63)44-25-13-5-14-26-44)58(67)45-31-32-52-54-34-33-53-51-29-17-18-30-56(51)68(50-27-15-6-16-28-50)59(53)60(54)69-57(52)39-45/h2,4,6-9,11,13,15-19,21-23,25-28,30-39,41,49,51,58,61H,3,5,10,12,14,20,24,29,40H2,1H3,(H,64,65,66). The molecule has 5 atom stereocenters. The Balaban J connectivity index is 0.965. The van der Waals surface area contributed by atoms with Gasteiger partial charge in [-0.3, -0.25) is 4.90 Å². The Bertz CT molecular complexity index is 3340. The van der Waals surface area contributed by atoms with Crippen LogP contribution < -0.4 is 10.2 Å². The van der Waals surface area contributed by atoms with Crippen molar-refractivity contribution in [3.63, 3.8) is 0 Å². The van der Waals surface area contributed by atoms with Crippen LogP contribution in [0.4, 0.5) is 11.4 Å².